The Hall–Kier alpha value is -6.17. The molecule has 1 aliphatic carbocycles. The van der Waals surface area contributed by atoms with Crippen LogP contribution in [-0.4, -0.2) is 14.1 Å². The largest absolute Gasteiger partial charge is 0.294 e. The molecule has 0 unspecified atom stereocenters. The van der Waals surface area contributed by atoms with Crippen molar-refractivity contribution < 1.29 is 0 Å². The molecule has 0 saturated heterocycles. The summed E-state index contributed by atoms with van der Waals surface area (Å²) < 4.78 is 4.40. The molecule has 0 aliphatic heterocycles. The molecular weight excluding hydrogens is 550 g/mol. The van der Waals surface area contributed by atoms with Crippen LogP contribution < -0.4 is 0 Å². The van der Waals surface area contributed by atoms with Gasteiger partial charge in [0.05, 0.1) is 45.3 Å². The summed E-state index contributed by atoms with van der Waals surface area (Å²) in [4.78, 5) is 5.31. The lowest BCUT2D eigenvalue weighted by atomic mass is 9.82. The van der Waals surface area contributed by atoms with E-state index in [1.165, 1.54) is 22.3 Å². The predicted molar refractivity (Wildman–Crippen MR) is 180 cm³/mol. The standard InChI is InChI=1S/C40H25N5/c1-40(2)30-10-5-3-9-27(30)38-31(40)16-19-35-39(38)29-21-25(23-42)15-18-34(29)45(35)37-13-7-12-36(43-37)44-32-11-6-4-8-26(32)28-20-24(22-41)14-17-33(28)44/h3-21H,1-2H3. The Kier molecular flexibility index (Phi) is 5.03. The number of aromatic nitrogens is 3. The zero-order valence-electron chi connectivity index (χ0n) is 24.7. The van der Waals surface area contributed by atoms with E-state index in [0.29, 0.717) is 11.1 Å². The van der Waals surface area contributed by atoms with Gasteiger partial charge in [-0.1, -0.05) is 68.4 Å². The van der Waals surface area contributed by atoms with Gasteiger partial charge in [-0.2, -0.15) is 10.5 Å². The van der Waals surface area contributed by atoms with Gasteiger partial charge in [0.1, 0.15) is 11.6 Å². The summed E-state index contributed by atoms with van der Waals surface area (Å²) in [6.45, 7) is 4.58. The van der Waals surface area contributed by atoms with Crippen LogP contribution in [0.3, 0.4) is 0 Å². The zero-order valence-corrected chi connectivity index (χ0v) is 24.7. The fourth-order valence-electron chi connectivity index (χ4n) is 7.57. The molecule has 0 radical (unpaired) electrons. The molecule has 8 aromatic rings. The van der Waals surface area contributed by atoms with E-state index in [1.807, 2.05) is 60.7 Å². The van der Waals surface area contributed by atoms with E-state index in [2.05, 4.69) is 89.7 Å². The number of hydrogen-bond acceptors (Lipinski definition) is 3. The molecule has 0 amide bonds. The Morgan fingerprint density at radius 1 is 0.556 bits per heavy atom. The Balaban J connectivity index is 1.36. The number of nitriles is 2. The average Bonchev–Trinajstić information content (AvgIpc) is 3.67. The van der Waals surface area contributed by atoms with Crippen LogP contribution in [0.4, 0.5) is 0 Å². The van der Waals surface area contributed by atoms with Crippen LogP contribution in [0.2, 0.25) is 0 Å². The van der Waals surface area contributed by atoms with Crippen LogP contribution in [0.15, 0.2) is 115 Å². The predicted octanol–water partition coefficient (Wildman–Crippen LogP) is 9.33. The minimum atomic E-state index is -0.137. The fraction of sp³-hybridized carbons (Fsp3) is 0.0750. The third kappa shape index (κ3) is 3.33. The number of hydrogen-bond donors (Lipinski definition) is 0. The first-order chi connectivity index (χ1) is 22.0. The molecule has 0 atom stereocenters. The summed E-state index contributed by atoms with van der Waals surface area (Å²) in [5, 5.41) is 23.8. The molecule has 9 rings (SSSR count). The number of benzene rings is 5. The smallest absolute Gasteiger partial charge is 0.140 e. The second-order valence-electron chi connectivity index (χ2n) is 12.3. The normalized spacial score (nSPS) is 13.2. The van der Waals surface area contributed by atoms with Gasteiger partial charge in [0, 0.05) is 27.0 Å². The van der Waals surface area contributed by atoms with Crippen molar-refractivity contribution in [1.29, 1.82) is 10.5 Å². The average molecular weight is 576 g/mol. The van der Waals surface area contributed by atoms with E-state index >= 15 is 0 Å². The minimum absolute atomic E-state index is 0.137. The van der Waals surface area contributed by atoms with Crippen LogP contribution in [0.5, 0.6) is 0 Å². The first-order valence-corrected chi connectivity index (χ1v) is 15.0. The molecule has 0 fully saturated rings. The van der Waals surface area contributed by atoms with Gasteiger partial charge in [-0.3, -0.25) is 9.13 Å². The van der Waals surface area contributed by atoms with Crippen molar-refractivity contribution >= 4 is 43.6 Å². The monoisotopic (exact) mass is 575 g/mol. The van der Waals surface area contributed by atoms with E-state index in [4.69, 9.17) is 4.98 Å². The third-order valence-corrected chi connectivity index (χ3v) is 9.58. The van der Waals surface area contributed by atoms with Crippen LogP contribution >= 0.6 is 0 Å². The Labute approximate surface area is 259 Å². The molecule has 210 valence electrons. The number of pyridine rings is 1. The van der Waals surface area contributed by atoms with Crippen molar-refractivity contribution in [2.24, 2.45) is 0 Å². The van der Waals surface area contributed by atoms with E-state index in [1.54, 1.807) is 0 Å². The van der Waals surface area contributed by atoms with Crippen LogP contribution in [-0.2, 0) is 5.41 Å². The zero-order chi connectivity index (χ0) is 30.4. The second kappa shape index (κ2) is 8.92. The van der Waals surface area contributed by atoms with Crippen LogP contribution in [0, 0.1) is 22.7 Å². The Bertz CT molecular complexity index is 2650. The molecule has 3 aromatic heterocycles. The Morgan fingerprint density at radius 3 is 1.91 bits per heavy atom. The van der Waals surface area contributed by atoms with Crippen molar-refractivity contribution in [3.05, 3.63) is 138 Å². The molecule has 5 aromatic carbocycles. The third-order valence-electron chi connectivity index (χ3n) is 9.58. The van der Waals surface area contributed by atoms with Gasteiger partial charge < -0.3 is 0 Å². The van der Waals surface area contributed by atoms with Gasteiger partial charge in [-0.25, -0.2) is 4.98 Å². The number of nitrogens with zero attached hydrogens (tertiary/aromatic N) is 5. The first-order valence-electron chi connectivity index (χ1n) is 15.0. The quantitative estimate of drug-likeness (QED) is 0.206. The lowest BCUT2D eigenvalue weighted by Crippen LogP contribution is -2.14. The lowest BCUT2D eigenvalue weighted by molar-refractivity contribution is 0.661. The van der Waals surface area contributed by atoms with Gasteiger partial charge in [0.15, 0.2) is 0 Å². The van der Waals surface area contributed by atoms with Crippen molar-refractivity contribution in [2.45, 2.75) is 19.3 Å². The van der Waals surface area contributed by atoms with Crippen molar-refractivity contribution in [1.82, 2.24) is 14.1 Å². The van der Waals surface area contributed by atoms with Gasteiger partial charge in [0.25, 0.3) is 0 Å². The van der Waals surface area contributed by atoms with Gasteiger partial charge >= 0.3 is 0 Å². The summed E-state index contributed by atoms with van der Waals surface area (Å²) in [6.07, 6.45) is 0. The van der Waals surface area contributed by atoms with Gasteiger partial charge in [-0.15, -0.1) is 0 Å². The first kappa shape index (κ1) is 25.3. The maximum absolute atomic E-state index is 9.89. The van der Waals surface area contributed by atoms with Crippen molar-refractivity contribution in [3.63, 3.8) is 0 Å². The maximum Gasteiger partial charge on any atom is 0.140 e. The topological polar surface area (TPSA) is 70.3 Å². The second-order valence-corrected chi connectivity index (χ2v) is 12.3. The molecule has 1 aliphatic rings. The van der Waals surface area contributed by atoms with E-state index in [0.717, 1.165) is 55.2 Å². The lowest BCUT2D eigenvalue weighted by Gasteiger charge is -2.21. The summed E-state index contributed by atoms with van der Waals surface area (Å²) >= 11 is 0. The van der Waals surface area contributed by atoms with E-state index in [9.17, 15) is 10.5 Å². The molecule has 0 spiro atoms. The summed E-state index contributed by atoms with van der Waals surface area (Å²) in [7, 11) is 0. The summed E-state index contributed by atoms with van der Waals surface area (Å²) in [5.74, 6) is 1.59. The van der Waals surface area contributed by atoms with Crippen LogP contribution in [0.1, 0.15) is 36.1 Å². The highest BCUT2D eigenvalue weighted by atomic mass is 15.1. The van der Waals surface area contributed by atoms with Gasteiger partial charge in [-0.05, 0) is 82.9 Å². The number of para-hydroxylation sites is 1. The number of rotatable bonds is 2. The fourth-order valence-corrected chi connectivity index (χ4v) is 7.57. The highest BCUT2D eigenvalue weighted by molar-refractivity contribution is 6.18. The molecule has 0 N–H and O–H groups in total. The molecule has 45 heavy (non-hydrogen) atoms. The minimum Gasteiger partial charge on any atom is -0.294 e. The van der Waals surface area contributed by atoms with Crippen molar-refractivity contribution in [2.75, 3.05) is 0 Å². The molecular formula is C40H25N5. The maximum atomic E-state index is 9.89. The van der Waals surface area contributed by atoms with Gasteiger partial charge in [0.2, 0.25) is 0 Å². The van der Waals surface area contributed by atoms with E-state index in [-0.39, 0.29) is 5.41 Å². The SMILES string of the molecule is CC1(C)c2ccccc2-c2c1ccc1c2c2cc(C#N)ccc2n1-c1cccc(-n2c3ccccc3c3cc(C#N)ccc32)n1. The molecule has 5 heteroatoms. The number of fused-ring (bicyclic) bond motifs is 10. The van der Waals surface area contributed by atoms with Crippen molar-refractivity contribution in [3.8, 4) is 34.9 Å². The van der Waals surface area contributed by atoms with Crippen LogP contribution in [0.25, 0.3) is 66.4 Å². The molecule has 3 heterocycles. The molecule has 5 nitrogen and oxygen atoms in total. The molecule has 0 bridgehead atoms. The summed E-state index contributed by atoms with van der Waals surface area (Å²) in [6, 6.07) is 44.0. The van der Waals surface area contributed by atoms with E-state index < -0.39 is 0 Å². The molecule has 0 saturated carbocycles. The highest BCUT2D eigenvalue weighted by Gasteiger charge is 2.37. The highest BCUT2D eigenvalue weighted by Crippen LogP contribution is 2.53. The Morgan fingerprint density at radius 2 is 1.16 bits per heavy atom. The summed E-state index contributed by atoms with van der Waals surface area (Å²) in [5.41, 5.74) is 10.3.